The van der Waals surface area contributed by atoms with Crippen molar-refractivity contribution in [3.63, 3.8) is 0 Å². The number of fused-ring (bicyclic) bond motifs is 1. The van der Waals surface area contributed by atoms with Gasteiger partial charge in [-0.1, -0.05) is 11.6 Å². The van der Waals surface area contributed by atoms with Crippen molar-refractivity contribution in [3.8, 4) is 11.5 Å². The Morgan fingerprint density at radius 2 is 2.05 bits per heavy atom. The fourth-order valence-electron chi connectivity index (χ4n) is 1.89. The SMILES string of the molecule is CCOC(=O)C(=O)c1c(Cl)cc2c(c1C)OCCO2. The van der Waals surface area contributed by atoms with Gasteiger partial charge >= 0.3 is 5.97 Å². The van der Waals surface area contributed by atoms with Gasteiger partial charge < -0.3 is 14.2 Å². The second kappa shape index (κ2) is 5.48. The van der Waals surface area contributed by atoms with Crippen LogP contribution in [0.1, 0.15) is 22.8 Å². The smallest absolute Gasteiger partial charge is 0.379 e. The molecule has 0 radical (unpaired) electrons. The summed E-state index contributed by atoms with van der Waals surface area (Å²) in [7, 11) is 0. The highest BCUT2D eigenvalue weighted by molar-refractivity contribution is 6.46. The lowest BCUT2D eigenvalue weighted by Gasteiger charge is -2.22. The average molecular weight is 285 g/mol. The molecule has 0 unspecified atom stereocenters. The lowest BCUT2D eigenvalue weighted by atomic mass is 10.0. The van der Waals surface area contributed by atoms with Crippen LogP contribution in [-0.4, -0.2) is 31.6 Å². The summed E-state index contributed by atoms with van der Waals surface area (Å²) in [5.41, 5.74) is 0.588. The Bertz CT molecular complexity index is 538. The number of hydrogen-bond donors (Lipinski definition) is 0. The van der Waals surface area contributed by atoms with E-state index >= 15 is 0 Å². The molecular formula is C13H13ClO5. The zero-order chi connectivity index (χ0) is 14.0. The molecule has 1 heterocycles. The van der Waals surface area contributed by atoms with Gasteiger partial charge in [0, 0.05) is 11.6 Å². The van der Waals surface area contributed by atoms with Gasteiger partial charge in [-0.25, -0.2) is 4.79 Å². The van der Waals surface area contributed by atoms with Crippen LogP contribution in [0.4, 0.5) is 0 Å². The van der Waals surface area contributed by atoms with Crippen LogP contribution < -0.4 is 9.47 Å². The first-order valence-corrected chi connectivity index (χ1v) is 6.24. The number of hydrogen-bond acceptors (Lipinski definition) is 5. The molecular weight excluding hydrogens is 272 g/mol. The molecule has 0 saturated heterocycles. The van der Waals surface area contributed by atoms with E-state index in [9.17, 15) is 9.59 Å². The number of carbonyl (C=O) groups is 2. The van der Waals surface area contributed by atoms with E-state index in [0.717, 1.165) is 0 Å². The normalized spacial score (nSPS) is 13.0. The van der Waals surface area contributed by atoms with E-state index in [1.165, 1.54) is 6.07 Å². The molecule has 1 aliphatic heterocycles. The molecule has 0 spiro atoms. The van der Waals surface area contributed by atoms with Crippen LogP contribution in [0.5, 0.6) is 11.5 Å². The van der Waals surface area contributed by atoms with Gasteiger partial charge in [-0.05, 0) is 13.8 Å². The molecule has 0 N–H and O–H groups in total. The minimum atomic E-state index is -0.927. The molecule has 0 atom stereocenters. The van der Waals surface area contributed by atoms with Crippen LogP contribution in [-0.2, 0) is 9.53 Å². The molecule has 0 bridgehead atoms. The summed E-state index contributed by atoms with van der Waals surface area (Å²) in [4.78, 5) is 23.5. The van der Waals surface area contributed by atoms with Crippen molar-refractivity contribution in [2.24, 2.45) is 0 Å². The molecule has 0 aliphatic carbocycles. The number of benzene rings is 1. The number of ketones is 1. The Kier molecular flexibility index (Phi) is 3.95. The summed E-state index contributed by atoms with van der Waals surface area (Å²) < 4.78 is 15.5. The molecule has 6 heteroatoms. The first-order valence-electron chi connectivity index (χ1n) is 5.86. The quantitative estimate of drug-likeness (QED) is 0.483. The van der Waals surface area contributed by atoms with Crippen LogP contribution in [0.15, 0.2) is 6.07 Å². The van der Waals surface area contributed by atoms with E-state index in [4.69, 9.17) is 25.8 Å². The van der Waals surface area contributed by atoms with Crippen LogP contribution in [0.25, 0.3) is 0 Å². The molecule has 1 aliphatic rings. The highest BCUT2D eigenvalue weighted by Gasteiger charge is 2.27. The summed E-state index contributed by atoms with van der Waals surface area (Å²) in [6.45, 7) is 4.23. The Hall–Kier alpha value is -1.75. The van der Waals surface area contributed by atoms with E-state index in [2.05, 4.69) is 0 Å². The number of carbonyl (C=O) groups excluding carboxylic acids is 2. The molecule has 0 saturated carbocycles. The number of esters is 1. The third-order valence-corrected chi connectivity index (χ3v) is 3.01. The number of Topliss-reactive ketones (excluding diaryl/α,β-unsaturated/α-hetero) is 1. The largest absolute Gasteiger partial charge is 0.486 e. The highest BCUT2D eigenvalue weighted by atomic mass is 35.5. The summed E-state index contributed by atoms with van der Waals surface area (Å²) in [6, 6.07) is 1.48. The summed E-state index contributed by atoms with van der Waals surface area (Å²) in [5, 5.41) is 0.153. The highest BCUT2D eigenvalue weighted by Crippen LogP contribution is 2.39. The predicted octanol–water partition coefficient (Wildman–Crippen LogP) is 2.17. The third kappa shape index (κ3) is 2.51. The molecule has 1 aromatic rings. The zero-order valence-corrected chi connectivity index (χ0v) is 11.4. The summed E-state index contributed by atoms with van der Waals surface area (Å²) >= 11 is 6.04. The number of rotatable bonds is 3. The molecule has 19 heavy (non-hydrogen) atoms. The standard InChI is InChI=1S/C13H13ClO5/c1-3-17-13(16)11(15)10-7(2)12-9(6-8(10)14)18-4-5-19-12/h6H,3-5H2,1-2H3. The van der Waals surface area contributed by atoms with E-state index in [1.54, 1.807) is 13.8 Å². The van der Waals surface area contributed by atoms with E-state index < -0.39 is 11.8 Å². The Balaban J connectivity index is 2.46. The minimum Gasteiger partial charge on any atom is -0.486 e. The average Bonchev–Trinajstić information content (AvgIpc) is 2.38. The van der Waals surface area contributed by atoms with E-state index in [0.29, 0.717) is 30.3 Å². The third-order valence-electron chi connectivity index (χ3n) is 2.71. The van der Waals surface area contributed by atoms with Crippen molar-refractivity contribution in [2.75, 3.05) is 19.8 Å². The Morgan fingerprint density at radius 1 is 1.37 bits per heavy atom. The second-order valence-electron chi connectivity index (χ2n) is 3.93. The van der Waals surface area contributed by atoms with Crippen molar-refractivity contribution in [1.82, 2.24) is 0 Å². The van der Waals surface area contributed by atoms with E-state index in [-0.39, 0.29) is 17.2 Å². The molecule has 0 aromatic heterocycles. The van der Waals surface area contributed by atoms with Crippen LogP contribution in [0.3, 0.4) is 0 Å². The van der Waals surface area contributed by atoms with Crippen LogP contribution in [0, 0.1) is 6.92 Å². The van der Waals surface area contributed by atoms with Gasteiger partial charge in [-0.15, -0.1) is 0 Å². The summed E-state index contributed by atoms with van der Waals surface area (Å²) in [6.07, 6.45) is 0. The summed E-state index contributed by atoms with van der Waals surface area (Å²) in [5.74, 6) is -0.775. The lowest BCUT2D eigenvalue weighted by molar-refractivity contribution is -0.137. The fraction of sp³-hybridized carbons (Fsp3) is 0.385. The minimum absolute atomic E-state index is 0.101. The Labute approximate surface area is 115 Å². The van der Waals surface area contributed by atoms with E-state index in [1.807, 2.05) is 0 Å². The first-order chi connectivity index (χ1) is 9.06. The van der Waals surface area contributed by atoms with Gasteiger partial charge in [-0.3, -0.25) is 4.79 Å². The maximum Gasteiger partial charge on any atom is 0.379 e. The van der Waals surface area contributed by atoms with Gasteiger partial charge in [-0.2, -0.15) is 0 Å². The molecule has 5 nitrogen and oxygen atoms in total. The van der Waals surface area contributed by atoms with Gasteiger partial charge in [0.2, 0.25) is 0 Å². The van der Waals surface area contributed by atoms with Crippen LogP contribution >= 0.6 is 11.6 Å². The van der Waals surface area contributed by atoms with Crippen LogP contribution in [0.2, 0.25) is 5.02 Å². The van der Waals surface area contributed by atoms with Crippen molar-refractivity contribution in [3.05, 3.63) is 22.2 Å². The Morgan fingerprint density at radius 3 is 2.74 bits per heavy atom. The molecule has 0 fully saturated rings. The predicted molar refractivity (Wildman–Crippen MR) is 68.1 cm³/mol. The second-order valence-corrected chi connectivity index (χ2v) is 4.34. The molecule has 0 amide bonds. The maximum atomic E-state index is 12.0. The molecule has 102 valence electrons. The van der Waals surface area contributed by atoms with Crippen molar-refractivity contribution >= 4 is 23.4 Å². The number of ether oxygens (including phenoxy) is 3. The topological polar surface area (TPSA) is 61.8 Å². The van der Waals surface area contributed by atoms with Gasteiger partial charge in [0.25, 0.3) is 5.78 Å². The number of halogens is 1. The molecule has 2 rings (SSSR count). The van der Waals surface area contributed by atoms with Gasteiger partial charge in [0.1, 0.15) is 13.2 Å². The lowest BCUT2D eigenvalue weighted by Crippen LogP contribution is -2.21. The molecule has 1 aromatic carbocycles. The first kappa shape index (κ1) is 13.7. The monoisotopic (exact) mass is 284 g/mol. The van der Waals surface area contributed by atoms with Crippen molar-refractivity contribution in [2.45, 2.75) is 13.8 Å². The van der Waals surface area contributed by atoms with Gasteiger partial charge in [0.05, 0.1) is 17.2 Å². The fourth-order valence-corrected chi connectivity index (χ4v) is 2.22. The maximum absolute atomic E-state index is 12.0. The van der Waals surface area contributed by atoms with Crippen molar-refractivity contribution < 1.29 is 23.8 Å². The zero-order valence-electron chi connectivity index (χ0n) is 10.6. The van der Waals surface area contributed by atoms with Gasteiger partial charge in [0.15, 0.2) is 11.5 Å². The van der Waals surface area contributed by atoms with Crippen molar-refractivity contribution in [1.29, 1.82) is 0 Å².